The largest absolute Gasteiger partial charge is 0.497 e. The van der Waals surface area contributed by atoms with Gasteiger partial charge in [0.2, 0.25) is 11.8 Å². The van der Waals surface area contributed by atoms with E-state index in [1.165, 1.54) is 0 Å². The number of amides is 2. The van der Waals surface area contributed by atoms with Crippen molar-refractivity contribution < 1.29 is 19.1 Å². The summed E-state index contributed by atoms with van der Waals surface area (Å²) in [5.41, 5.74) is 2.81. The smallest absolute Gasteiger partial charge is 0.242 e. The molecule has 2 amide bonds. The molecule has 1 saturated carbocycles. The first-order valence-corrected chi connectivity index (χ1v) is 12.7. The number of ether oxygens (including phenoxy) is 1. The predicted octanol–water partition coefficient (Wildman–Crippen LogP) is 4.50. The predicted molar refractivity (Wildman–Crippen MR) is 134 cm³/mol. The fourth-order valence-electron chi connectivity index (χ4n) is 4.79. The van der Waals surface area contributed by atoms with Crippen LogP contribution in [0, 0.1) is 6.92 Å². The van der Waals surface area contributed by atoms with Crippen LogP contribution < -0.4 is 15.4 Å². The van der Waals surface area contributed by atoms with Crippen LogP contribution in [-0.4, -0.2) is 41.8 Å². The molecule has 34 heavy (non-hydrogen) atoms. The molecule has 3 N–H and O–H groups in total. The highest BCUT2D eigenvalue weighted by atomic mass is 16.5. The first-order chi connectivity index (χ1) is 16.4. The summed E-state index contributed by atoms with van der Waals surface area (Å²) in [4.78, 5) is 40.9. The van der Waals surface area contributed by atoms with Crippen LogP contribution in [0.3, 0.4) is 0 Å². The number of carbonyl (C=O) groups excluding carboxylic acids is 3. The summed E-state index contributed by atoms with van der Waals surface area (Å²) in [6.45, 7) is 3.84. The number of hydrogen-bond donors (Lipinski definition) is 3. The zero-order chi connectivity index (χ0) is 24.5. The maximum absolute atomic E-state index is 13.0. The summed E-state index contributed by atoms with van der Waals surface area (Å²) in [5, 5.41) is 7.09. The highest BCUT2D eigenvalue weighted by Gasteiger charge is 2.25. The molecule has 1 aromatic heterocycles. The molecule has 0 saturated heterocycles. The van der Waals surface area contributed by atoms with Crippen LogP contribution in [0.25, 0.3) is 10.9 Å². The van der Waals surface area contributed by atoms with Gasteiger partial charge in [-0.2, -0.15) is 0 Å². The maximum Gasteiger partial charge on any atom is 0.242 e. The van der Waals surface area contributed by atoms with E-state index in [4.69, 9.17) is 4.74 Å². The number of fused-ring (bicyclic) bond motifs is 1. The lowest BCUT2D eigenvalue weighted by Gasteiger charge is -2.21. The SMILES string of the molecule is CCC(=O)CCCCC[C@H](NC(=O)Cc1c(C)[nH]c2ccc(OC)cc12)C(=O)NC1CCCC1. The Morgan fingerprint density at radius 1 is 1.15 bits per heavy atom. The van der Waals surface area contributed by atoms with Gasteiger partial charge in [-0.3, -0.25) is 14.4 Å². The molecule has 0 unspecified atom stereocenters. The summed E-state index contributed by atoms with van der Waals surface area (Å²) < 4.78 is 5.35. The number of rotatable bonds is 13. The normalized spacial score (nSPS) is 14.8. The second-order valence-corrected chi connectivity index (χ2v) is 9.42. The number of unbranched alkanes of at least 4 members (excludes halogenated alkanes) is 2. The Morgan fingerprint density at radius 3 is 2.62 bits per heavy atom. The number of carbonyl (C=O) groups is 3. The van der Waals surface area contributed by atoms with Crippen molar-refractivity contribution in [3.8, 4) is 5.75 Å². The highest BCUT2D eigenvalue weighted by molar-refractivity contribution is 5.93. The molecule has 0 bridgehead atoms. The molecule has 1 aliphatic carbocycles. The third-order valence-corrected chi connectivity index (χ3v) is 6.86. The summed E-state index contributed by atoms with van der Waals surface area (Å²) in [6, 6.07) is 5.42. The van der Waals surface area contributed by atoms with Crippen molar-refractivity contribution >= 4 is 28.5 Å². The van der Waals surface area contributed by atoms with E-state index in [0.717, 1.165) is 72.9 Å². The molecule has 7 heteroatoms. The monoisotopic (exact) mass is 469 g/mol. The molecule has 1 aromatic carbocycles. The van der Waals surface area contributed by atoms with Gasteiger partial charge in [0.05, 0.1) is 13.5 Å². The minimum atomic E-state index is -0.560. The van der Waals surface area contributed by atoms with E-state index in [-0.39, 0.29) is 30.1 Å². The average Bonchev–Trinajstić information content (AvgIpc) is 3.44. The van der Waals surface area contributed by atoms with E-state index in [9.17, 15) is 14.4 Å². The number of Topliss-reactive ketones (excluding diaryl/α,β-unsaturated/α-hetero) is 1. The molecule has 3 rings (SSSR count). The molecule has 0 radical (unpaired) electrons. The van der Waals surface area contributed by atoms with E-state index < -0.39 is 6.04 Å². The molecular formula is C27H39N3O4. The van der Waals surface area contributed by atoms with Crippen LogP contribution in [0.5, 0.6) is 5.75 Å². The Hall–Kier alpha value is -2.83. The van der Waals surface area contributed by atoms with Crippen molar-refractivity contribution in [2.24, 2.45) is 0 Å². The van der Waals surface area contributed by atoms with Crippen molar-refractivity contribution in [3.63, 3.8) is 0 Å². The van der Waals surface area contributed by atoms with Crippen molar-refractivity contribution in [2.75, 3.05) is 7.11 Å². The van der Waals surface area contributed by atoms with Gasteiger partial charge in [-0.25, -0.2) is 0 Å². The van der Waals surface area contributed by atoms with Gasteiger partial charge in [0.15, 0.2) is 0 Å². The van der Waals surface area contributed by atoms with E-state index >= 15 is 0 Å². The number of nitrogens with one attached hydrogen (secondary N) is 3. The van der Waals surface area contributed by atoms with Gasteiger partial charge in [0, 0.05) is 35.5 Å². The van der Waals surface area contributed by atoms with Crippen LogP contribution in [0.2, 0.25) is 0 Å². The second kappa shape index (κ2) is 12.6. The van der Waals surface area contributed by atoms with Crippen LogP contribution in [0.1, 0.15) is 82.4 Å². The molecular weight excluding hydrogens is 430 g/mol. The molecule has 1 atom stereocenters. The standard InChI is InChI=1S/C27H39N3O4/c1-4-20(31)12-6-5-7-13-25(27(33)29-19-10-8-9-11-19)30-26(32)17-22-18(2)28-24-15-14-21(34-3)16-23(22)24/h14-16,19,25,28H,4-13,17H2,1-3H3,(H,29,33)(H,30,32)/t25-/m0/s1. The number of aromatic nitrogens is 1. The Kier molecular flexibility index (Phi) is 9.54. The van der Waals surface area contributed by atoms with Crippen LogP contribution >= 0.6 is 0 Å². The quantitative estimate of drug-likeness (QED) is 0.376. The number of aryl methyl sites for hydroxylation is 1. The van der Waals surface area contributed by atoms with Crippen molar-refractivity contribution in [2.45, 2.75) is 96.6 Å². The number of H-pyrrole nitrogens is 1. The lowest BCUT2D eigenvalue weighted by atomic mass is 10.0. The average molecular weight is 470 g/mol. The second-order valence-electron chi connectivity index (χ2n) is 9.42. The van der Waals surface area contributed by atoms with Gasteiger partial charge in [-0.1, -0.05) is 32.6 Å². The number of hydrogen-bond acceptors (Lipinski definition) is 4. The Balaban J connectivity index is 1.63. The first kappa shape index (κ1) is 25.8. The number of methoxy groups -OCH3 is 1. The van der Waals surface area contributed by atoms with Gasteiger partial charge in [0.25, 0.3) is 0 Å². The summed E-state index contributed by atoms with van der Waals surface area (Å²) in [6.07, 6.45) is 8.69. The van der Waals surface area contributed by atoms with E-state index in [2.05, 4.69) is 15.6 Å². The minimum Gasteiger partial charge on any atom is -0.497 e. The lowest BCUT2D eigenvalue weighted by molar-refractivity contribution is -0.129. The Labute approximate surface area is 202 Å². The van der Waals surface area contributed by atoms with Crippen molar-refractivity contribution in [3.05, 3.63) is 29.5 Å². The lowest BCUT2D eigenvalue weighted by Crippen LogP contribution is -2.49. The zero-order valence-electron chi connectivity index (χ0n) is 20.8. The summed E-state index contributed by atoms with van der Waals surface area (Å²) >= 11 is 0. The molecule has 2 aromatic rings. The van der Waals surface area contributed by atoms with E-state index in [1.807, 2.05) is 32.0 Å². The number of ketones is 1. The highest BCUT2D eigenvalue weighted by Crippen LogP contribution is 2.27. The van der Waals surface area contributed by atoms with Gasteiger partial charge < -0.3 is 20.4 Å². The molecule has 1 heterocycles. The van der Waals surface area contributed by atoms with Gasteiger partial charge >= 0.3 is 0 Å². The molecule has 186 valence electrons. The molecule has 0 aliphatic heterocycles. The maximum atomic E-state index is 13.0. The molecule has 0 spiro atoms. The minimum absolute atomic E-state index is 0.0952. The summed E-state index contributed by atoms with van der Waals surface area (Å²) in [5.74, 6) is 0.750. The van der Waals surface area contributed by atoms with Gasteiger partial charge in [-0.05, 0) is 56.4 Å². The Bertz CT molecular complexity index is 991. The number of benzene rings is 1. The fraction of sp³-hybridized carbons (Fsp3) is 0.593. The number of aromatic amines is 1. The Morgan fingerprint density at radius 2 is 1.91 bits per heavy atom. The van der Waals surface area contributed by atoms with Gasteiger partial charge in [-0.15, -0.1) is 0 Å². The van der Waals surface area contributed by atoms with E-state index in [0.29, 0.717) is 19.3 Å². The molecule has 1 aliphatic rings. The fourth-order valence-corrected chi connectivity index (χ4v) is 4.79. The van der Waals surface area contributed by atoms with Crippen molar-refractivity contribution in [1.82, 2.24) is 15.6 Å². The van der Waals surface area contributed by atoms with E-state index in [1.54, 1.807) is 7.11 Å². The van der Waals surface area contributed by atoms with Gasteiger partial charge in [0.1, 0.15) is 17.6 Å². The summed E-state index contributed by atoms with van der Waals surface area (Å²) in [7, 11) is 1.62. The van der Waals surface area contributed by atoms with Crippen LogP contribution in [-0.2, 0) is 20.8 Å². The van der Waals surface area contributed by atoms with Crippen molar-refractivity contribution in [1.29, 1.82) is 0 Å². The molecule has 1 fully saturated rings. The zero-order valence-corrected chi connectivity index (χ0v) is 20.8. The van der Waals surface area contributed by atoms with Crippen LogP contribution in [0.15, 0.2) is 18.2 Å². The third-order valence-electron chi connectivity index (χ3n) is 6.86. The van der Waals surface area contributed by atoms with Crippen LogP contribution in [0.4, 0.5) is 0 Å². The third kappa shape index (κ3) is 7.08. The topological polar surface area (TPSA) is 100 Å². The first-order valence-electron chi connectivity index (χ1n) is 12.7. The molecule has 7 nitrogen and oxygen atoms in total.